The van der Waals surface area contributed by atoms with Crippen LogP contribution in [0.25, 0.3) is 0 Å². The first-order chi connectivity index (χ1) is 12.6. The summed E-state index contributed by atoms with van der Waals surface area (Å²) in [6.45, 7) is 4.20. The predicted molar refractivity (Wildman–Crippen MR) is 100 cm³/mol. The Kier molecular flexibility index (Phi) is 5.84. The van der Waals surface area contributed by atoms with E-state index >= 15 is 0 Å². The van der Waals surface area contributed by atoms with Crippen LogP contribution in [0, 0.1) is 12.8 Å². The highest BCUT2D eigenvalue weighted by Gasteiger charge is 2.33. The summed E-state index contributed by atoms with van der Waals surface area (Å²) in [6, 6.07) is 11.9. The number of hydrogen-bond donors (Lipinski definition) is 2. The van der Waals surface area contributed by atoms with E-state index in [4.69, 9.17) is 0 Å². The molecule has 0 radical (unpaired) electrons. The molecule has 1 aromatic heterocycles. The van der Waals surface area contributed by atoms with E-state index in [0.717, 1.165) is 11.3 Å². The molecule has 0 unspecified atom stereocenters. The maximum atomic E-state index is 12.3. The molecule has 1 saturated heterocycles. The van der Waals surface area contributed by atoms with Gasteiger partial charge in [0.2, 0.25) is 11.8 Å². The highest BCUT2D eigenvalue weighted by Crippen LogP contribution is 2.20. The van der Waals surface area contributed by atoms with Gasteiger partial charge in [-0.1, -0.05) is 29.8 Å². The largest absolute Gasteiger partial charge is 0.382 e. The van der Waals surface area contributed by atoms with Crippen molar-refractivity contribution in [3.05, 3.63) is 59.9 Å². The SMILES string of the molecule is Cc1ccc(CN2C[C@H](C(=O)NCCNc3cccnc3)CC2=O)cc1. The highest BCUT2D eigenvalue weighted by atomic mass is 16.2. The zero-order valence-corrected chi connectivity index (χ0v) is 14.9. The molecule has 1 atom stereocenters. The van der Waals surface area contributed by atoms with E-state index in [0.29, 0.717) is 26.2 Å². The number of aromatic nitrogens is 1. The molecule has 1 fully saturated rings. The Balaban J connectivity index is 1.42. The number of carbonyl (C=O) groups excluding carboxylic acids is 2. The Morgan fingerprint density at radius 2 is 2.04 bits per heavy atom. The fraction of sp³-hybridized carbons (Fsp3) is 0.350. The van der Waals surface area contributed by atoms with Crippen LogP contribution in [0.5, 0.6) is 0 Å². The lowest BCUT2D eigenvalue weighted by molar-refractivity contribution is -0.129. The van der Waals surface area contributed by atoms with Gasteiger partial charge in [0, 0.05) is 45.0 Å². The van der Waals surface area contributed by atoms with E-state index in [1.165, 1.54) is 5.56 Å². The first-order valence-corrected chi connectivity index (χ1v) is 8.87. The first-order valence-electron chi connectivity index (χ1n) is 8.87. The van der Waals surface area contributed by atoms with Crippen molar-refractivity contribution < 1.29 is 9.59 Å². The van der Waals surface area contributed by atoms with Gasteiger partial charge in [-0.2, -0.15) is 0 Å². The highest BCUT2D eigenvalue weighted by molar-refractivity contribution is 5.89. The summed E-state index contributed by atoms with van der Waals surface area (Å²) in [5.74, 6) is -0.289. The van der Waals surface area contributed by atoms with E-state index in [1.807, 2.05) is 43.3 Å². The summed E-state index contributed by atoms with van der Waals surface area (Å²) in [5, 5.41) is 6.10. The van der Waals surface area contributed by atoms with E-state index < -0.39 is 0 Å². The molecule has 0 aliphatic carbocycles. The van der Waals surface area contributed by atoms with Crippen molar-refractivity contribution in [3.63, 3.8) is 0 Å². The van der Waals surface area contributed by atoms with Crippen molar-refractivity contribution in [3.8, 4) is 0 Å². The summed E-state index contributed by atoms with van der Waals surface area (Å²) < 4.78 is 0. The van der Waals surface area contributed by atoms with E-state index in [2.05, 4.69) is 15.6 Å². The van der Waals surface area contributed by atoms with Gasteiger partial charge in [0.1, 0.15) is 0 Å². The number of likely N-dealkylation sites (tertiary alicyclic amines) is 1. The fourth-order valence-corrected chi connectivity index (χ4v) is 3.02. The lowest BCUT2D eigenvalue weighted by Gasteiger charge is -2.17. The van der Waals surface area contributed by atoms with Crippen LogP contribution < -0.4 is 10.6 Å². The van der Waals surface area contributed by atoms with Crippen LogP contribution in [0.2, 0.25) is 0 Å². The van der Waals surface area contributed by atoms with E-state index in [9.17, 15) is 9.59 Å². The quantitative estimate of drug-likeness (QED) is 0.747. The Morgan fingerprint density at radius 3 is 2.77 bits per heavy atom. The van der Waals surface area contributed by atoms with Gasteiger partial charge in [0.15, 0.2) is 0 Å². The second-order valence-corrected chi connectivity index (χ2v) is 6.62. The number of benzene rings is 1. The first kappa shape index (κ1) is 17.9. The number of anilines is 1. The number of rotatable bonds is 7. The van der Waals surface area contributed by atoms with Crippen molar-refractivity contribution in [1.82, 2.24) is 15.2 Å². The van der Waals surface area contributed by atoms with Crippen LogP contribution >= 0.6 is 0 Å². The molecule has 6 nitrogen and oxygen atoms in total. The van der Waals surface area contributed by atoms with Crippen molar-refractivity contribution >= 4 is 17.5 Å². The van der Waals surface area contributed by atoms with Crippen molar-refractivity contribution in [2.24, 2.45) is 5.92 Å². The van der Waals surface area contributed by atoms with E-state index in [-0.39, 0.29) is 24.2 Å². The minimum atomic E-state index is -0.272. The van der Waals surface area contributed by atoms with Crippen LogP contribution in [-0.4, -0.2) is 41.3 Å². The third-order valence-corrected chi connectivity index (χ3v) is 4.49. The molecule has 2 N–H and O–H groups in total. The smallest absolute Gasteiger partial charge is 0.225 e. The standard InChI is InChI=1S/C20H24N4O2/c1-15-4-6-16(7-5-15)13-24-14-17(11-19(24)25)20(26)23-10-9-22-18-3-2-8-21-12-18/h2-8,12,17,22H,9-11,13-14H2,1H3,(H,23,26)/t17-/m1/s1. The third-order valence-electron chi connectivity index (χ3n) is 4.49. The van der Waals surface area contributed by atoms with Gasteiger partial charge < -0.3 is 15.5 Å². The molecule has 0 bridgehead atoms. The monoisotopic (exact) mass is 352 g/mol. The molecule has 3 rings (SSSR count). The van der Waals surface area contributed by atoms with Crippen LogP contribution in [0.15, 0.2) is 48.8 Å². The van der Waals surface area contributed by atoms with Gasteiger partial charge in [0.25, 0.3) is 0 Å². The molecule has 2 aromatic rings. The number of aryl methyl sites for hydroxylation is 1. The molecule has 2 amide bonds. The maximum Gasteiger partial charge on any atom is 0.225 e. The van der Waals surface area contributed by atoms with Crippen LogP contribution in [-0.2, 0) is 16.1 Å². The zero-order valence-electron chi connectivity index (χ0n) is 14.9. The summed E-state index contributed by atoms with van der Waals surface area (Å²) >= 11 is 0. The predicted octanol–water partition coefficient (Wildman–Crippen LogP) is 1.97. The second kappa shape index (κ2) is 8.47. The summed E-state index contributed by atoms with van der Waals surface area (Å²) in [7, 11) is 0. The molecule has 1 aromatic carbocycles. The van der Waals surface area contributed by atoms with Gasteiger partial charge in [0.05, 0.1) is 11.6 Å². The number of nitrogens with zero attached hydrogens (tertiary/aromatic N) is 2. The van der Waals surface area contributed by atoms with Gasteiger partial charge >= 0.3 is 0 Å². The van der Waals surface area contributed by atoms with Gasteiger partial charge in [-0.3, -0.25) is 14.6 Å². The Hall–Kier alpha value is -2.89. The number of amides is 2. The topological polar surface area (TPSA) is 74.3 Å². The minimum Gasteiger partial charge on any atom is -0.382 e. The molecular formula is C20H24N4O2. The van der Waals surface area contributed by atoms with Gasteiger partial charge in [-0.15, -0.1) is 0 Å². The number of pyridine rings is 1. The second-order valence-electron chi connectivity index (χ2n) is 6.62. The molecule has 6 heteroatoms. The van der Waals surface area contributed by atoms with Crippen LogP contribution in [0.3, 0.4) is 0 Å². The average molecular weight is 352 g/mol. The molecule has 2 heterocycles. The molecule has 136 valence electrons. The minimum absolute atomic E-state index is 0.0409. The van der Waals surface area contributed by atoms with Crippen molar-refractivity contribution in [2.75, 3.05) is 25.0 Å². The summed E-state index contributed by atoms with van der Waals surface area (Å²) in [4.78, 5) is 30.3. The lowest BCUT2D eigenvalue weighted by Crippen LogP contribution is -2.35. The summed E-state index contributed by atoms with van der Waals surface area (Å²) in [5.41, 5.74) is 3.20. The molecular weight excluding hydrogens is 328 g/mol. The normalized spacial score (nSPS) is 16.6. The maximum absolute atomic E-state index is 12.3. The van der Waals surface area contributed by atoms with Gasteiger partial charge in [-0.25, -0.2) is 0 Å². The third kappa shape index (κ3) is 4.81. The summed E-state index contributed by atoms with van der Waals surface area (Å²) in [6.07, 6.45) is 3.74. The van der Waals surface area contributed by atoms with Gasteiger partial charge in [-0.05, 0) is 24.6 Å². The Bertz CT molecular complexity index is 746. The Labute approximate surface area is 153 Å². The lowest BCUT2D eigenvalue weighted by atomic mass is 10.1. The molecule has 26 heavy (non-hydrogen) atoms. The zero-order chi connectivity index (χ0) is 18.4. The molecule has 1 aliphatic rings. The van der Waals surface area contributed by atoms with Crippen LogP contribution in [0.1, 0.15) is 17.5 Å². The van der Waals surface area contributed by atoms with E-state index in [1.54, 1.807) is 17.3 Å². The Morgan fingerprint density at radius 1 is 1.23 bits per heavy atom. The number of hydrogen-bond acceptors (Lipinski definition) is 4. The average Bonchev–Trinajstić information content (AvgIpc) is 3.02. The molecule has 0 saturated carbocycles. The van der Waals surface area contributed by atoms with Crippen molar-refractivity contribution in [1.29, 1.82) is 0 Å². The molecule has 0 spiro atoms. The number of carbonyl (C=O) groups is 2. The molecule has 1 aliphatic heterocycles. The fourth-order valence-electron chi connectivity index (χ4n) is 3.02. The van der Waals surface area contributed by atoms with Crippen molar-refractivity contribution in [2.45, 2.75) is 19.9 Å². The van der Waals surface area contributed by atoms with Crippen LogP contribution in [0.4, 0.5) is 5.69 Å². The number of nitrogens with one attached hydrogen (secondary N) is 2.